The fraction of sp³-hybridized carbons (Fsp3) is 0.286. The first-order chi connectivity index (χ1) is 16.7. The highest BCUT2D eigenvalue weighted by Crippen LogP contribution is 2.27. The van der Waals surface area contributed by atoms with Crippen LogP contribution in [-0.2, 0) is 4.79 Å². The fourth-order valence-corrected chi connectivity index (χ4v) is 4.53. The van der Waals surface area contributed by atoms with E-state index in [4.69, 9.17) is 4.74 Å². The second-order valence-corrected chi connectivity index (χ2v) is 8.82. The minimum absolute atomic E-state index is 0.0783. The zero-order valence-corrected chi connectivity index (χ0v) is 19.5. The van der Waals surface area contributed by atoms with Gasteiger partial charge in [0, 0.05) is 24.8 Å². The highest BCUT2D eigenvalue weighted by molar-refractivity contribution is 5.89. The molecular formula is C28H30N4O2. The molecule has 6 nitrogen and oxygen atoms in total. The maximum absolute atomic E-state index is 11.2. The van der Waals surface area contributed by atoms with Crippen LogP contribution in [0.4, 0.5) is 5.69 Å². The van der Waals surface area contributed by atoms with Crippen molar-refractivity contribution in [1.82, 2.24) is 14.5 Å². The Hall–Kier alpha value is -3.64. The minimum Gasteiger partial charge on any atom is -0.492 e. The molecule has 5 rings (SSSR count). The van der Waals surface area contributed by atoms with Gasteiger partial charge < -0.3 is 10.1 Å². The normalized spacial score (nSPS) is 14.3. The van der Waals surface area contributed by atoms with Crippen molar-refractivity contribution >= 4 is 22.6 Å². The third-order valence-corrected chi connectivity index (χ3v) is 6.33. The molecule has 3 aromatic carbocycles. The molecule has 1 fully saturated rings. The minimum atomic E-state index is -0.0783. The van der Waals surface area contributed by atoms with Gasteiger partial charge in [-0.2, -0.15) is 0 Å². The lowest BCUT2D eigenvalue weighted by molar-refractivity contribution is -0.114. The van der Waals surface area contributed by atoms with Crippen LogP contribution >= 0.6 is 0 Å². The van der Waals surface area contributed by atoms with Crippen LogP contribution in [-0.4, -0.2) is 46.6 Å². The molecule has 0 aliphatic carbocycles. The lowest BCUT2D eigenvalue weighted by Gasteiger charge is -2.26. The molecule has 1 aromatic heterocycles. The van der Waals surface area contributed by atoms with Crippen LogP contribution in [0, 0.1) is 0 Å². The van der Waals surface area contributed by atoms with Crippen molar-refractivity contribution in [2.45, 2.75) is 26.2 Å². The van der Waals surface area contributed by atoms with Gasteiger partial charge in [-0.3, -0.25) is 14.3 Å². The lowest BCUT2D eigenvalue weighted by atomic mass is 10.0. The number of hydrogen-bond donors (Lipinski definition) is 1. The van der Waals surface area contributed by atoms with Crippen molar-refractivity contribution in [3.05, 3.63) is 73.1 Å². The summed E-state index contributed by atoms with van der Waals surface area (Å²) in [6.45, 7) is 5.63. The van der Waals surface area contributed by atoms with Crippen molar-refractivity contribution in [1.29, 1.82) is 0 Å². The van der Waals surface area contributed by atoms with Crippen molar-refractivity contribution < 1.29 is 9.53 Å². The smallest absolute Gasteiger partial charge is 0.221 e. The Labute approximate surface area is 200 Å². The molecule has 1 saturated heterocycles. The molecule has 1 aliphatic rings. The van der Waals surface area contributed by atoms with E-state index in [1.54, 1.807) is 0 Å². The molecule has 1 aliphatic heterocycles. The van der Waals surface area contributed by atoms with Gasteiger partial charge in [0.15, 0.2) is 0 Å². The second kappa shape index (κ2) is 10.1. The summed E-state index contributed by atoms with van der Waals surface area (Å²) in [5, 5.41) is 2.80. The van der Waals surface area contributed by atoms with Crippen molar-refractivity contribution in [2.75, 3.05) is 31.6 Å². The topological polar surface area (TPSA) is 59.4 Å². The average Bonchev–Trinajstić information content (AvgIpc) is 3.29. The number of aromatic nitrogens is 2. The van der Waals surface area contributed by atoms with Gasteiger partial charge in [-0.15, -0.1) is 0 Å². The molecule has 0 unspecified atom stereocenters. The Balaban J connectivity index is 1.26. The molecule has 0 atom stereocenters. The van der Waals surface area contributed by atoms with Crippen LogP contribution < -0.4 is 10.1 Å². The number of ether oxygens (including phenoxy) is 1. The summed E-state index contributed by atoms with van der Waals surface area (Å²) < 4.78 is 8.02. The SMILES string of the molecule is CC(=O)Nc1ccc(-n2cnc3cc(-c4ccc(OCCN5CCCCC5)cc4)ccc32)cc1. The maximum Gasteiger partial charge on any atom is 0.221 e. The Bertz CT molecular complexity index is 1260. The molecule has 174 valence electrons. The number of rotatable bonds is 7. The van der Waals surface area contributed by atoms with Crippen molar-refractivity contribution in [3.63, 3.8) is 0 Å². The number of carbonyl (C=O) groups excluding carboxylic acids is 1. The van der Waals surface area contributed by atoms with E-state index in [0.29, 0.717) is 0 Å². The van der Waals surface area contributed by atoms with Crippen LogP contribution in [0.15, 0.2) is 73.1 Å². The summed E-state index contributed by atoms with van der Waals surface area (Å²) >= 11 is 0. The van der Waals surface area contributed by atoms with Gasteiger partial charge in [0.1, 0.15) is 18.7 Å². The first kappa shape index (κ1) is 22.2. The maximum atomic E-state index is 11.2. The van der Waals surface area contributed by atoms with E-state index >= 15 is 0 Å². The molecule has 34 heavy (non-hydrogen) atoms. The zero-order valence-electron chi connectivity index (χ0n) is 19.5. The summed E-state index contributed by atoms with van der Waals surface area (Å²) in [6, 6.07) is 22.4. The molecule has 0 radical (unpaired) electrons. The fourth-order valence-electron chi connectivity index (χ4n) is 4.53. The Morgan fingerprint density at radius 1 is 0.941 bits per heavy atom. The number of anilines is 1. The van der Waals surface area contributed by atoms with Crippen molar-refractivity contribution in [2.24, 2.45) is 0 Å². The Morgan fingerprint density at radius 2 is 1.68 bits per heavy atom. The number of fused-ring (bicyclic) bond motifs is 1. The number of imidazole rings is 1. The molecule has 1 N–H and O–H groups in total. The number of piperidine rings is 1. The summed E-state index contributed by atoms with van der Waals surface area (Å²) in [6.07, 6.45) is 5.81. The van der Waals surface area contributed by atoms with Crippen LogP contribution in [0.5, 0.6) is 5.75 Å². The van der Waals surface area contributed by atoms with Gasteiger partial charge >= 0.3 is 0 Å². The molecule has 6 heteroatoms. The van der Waals surface area contributed by atoms with E-state index in [2.05, 4.69) is 50.1 Å². The van der Waals surface area contributed by atoms with Gasteiger partial charge in [-0.25, -0.2) is 4.98 Å². The summed E-state index contributed by atoms with van der Waals surface area (Å²) in [5.41, 5.74) is 6.01. The molecular weight excluding hydrogens is 424 g/mol. The average molecular weight is 455 g/mol. The van der Waals surface area contributed by atoms with Crippen LogP contribution in [0.2, 0.25) is 0 Å². The first-order valence-corrected chi connectivity index (χ1v) is 12.0. The van der Waals surface area contributed by atoms with E-state index < -0.39 is 0 Å². The van der Waals surface area contributed by atoms with Gasteiger partial charge in [-0.1, -0.05) is 24.6 Å². The zero-order chi connectivity index (χ0) is 23.3. The van der Waals surface area contributed by atoms with Gasteiger partial charge in [0.2, 0.25) is 5.91 Å². The van der Waals surface area contributed by atoms with E-state index in [9.17, 15) is 4.79 Å². The Kier molecular flexibility index (Phi) is 6.58. The molecule has 2 heterocycles. The number of hydrogen-bond acceptors (Lipinski definition) is 4. The highest BCUT2D eigenvalue weighted by Gasteiger charge is 2.10. The summed E-state index contributed by atoms with van der Waals surface area (Å²) in [7, 11) is 0. The van der Waals surface area contributed by atoms with Crippen LogP contribution in [0.25, 0.3) is 27.8 Å². The number of nitrogens with one attached hydrogen (secondary N) is 1. The van der Waals surface area contributed by atoms with Crippen LogP contribution in [0.3, 0.4) is 0 Å². The van der Waals surface area contributed by atoms with Crippen LogP contribution in [0.1, 0.15) is 26.2 Å². The largest absolute Gasteiger partial charge is 0.492 e. The molecule has 0 bridgehead atoms. The van der Waals surface area contributed by atoms with Crippen molar-refractivity contribution in [3.8, 4) is 22.6 Å². The monoisotopic (exact) mass is 454 g/mol. The first-order valence-electron chi connectivity index (χ1n) is 12.0. The number of nitrogens with zero attached hydrogens (tertiary/aromatic N) is 3. The number of likely N-dealkylation sites (tertiary alicyclic amines) is 1. The number of carbonyl (C=O) groups is 1. The molecule has 0 spiro atoms. The third kappa shape index (κ3) is 5.13. The summed E-state index contributed by atoms with van der Waals surface area (Å²) in [5.74, 6) is 0.833. The lowest BCUT2D eigenvalue weighted by Crippen LogP contribution is -2.33. The quantitative estimate of drug-likeness (QED) is 0.400. The summed E-state index contributed by atoms with van der Waals surface area (Å²) in [4.78, 5) is 18.3. The van der Waals surface area contributed by atoms with E-state index in [0.717, 1.165) is 52.4 Å². The van der Waals surface area contributed by atoms with Gasteiger partial charge in [0.05, 0.1) is 11.0 Å². The molecule has 0 saturated carbocycles. The molecule has 4 aromatic rings. The predicted octanol–water partition coefficient (Wildman–Crippen LogP) is 5.52. The second-order valence-electron chi connectivity index (χ2n) is 8.82. The number of benzene rings is 3. The van der Waals surface area contributed by atoms with Gasteiger partial charge in [-0.05, 0) is 85.6 Å². The highest BCUT2D eigenvalue weighted by atomic mass is 16.5. The Morgan fingerprint density at radius 3 is 2.41 bits per heavy atom. The van der Waals surface area contributed by atoms with E-state index in [1.807, 2.05) is 42.7 Å². The standard InChI is InChI=1S/C28H30N4O2/c1-21(33)30-24-8-10-25(11-9-24)32-20-29-27-19-23(7-14-28(27)32)22-5-12-26(13-6-22)34-18-17-31-15-3-2-4-16-31/h5-14,19-20H,2-4,15-18H2,1H3,(H,30,33). The van der Waals surface area contributed by atoms with E-state index in [1.165, 1.54) is 39.3 Å². The number of amides is 1. The molecule has 1 amide bonds. The van der Waals surface area contributed by atoms with Gasteiger partial charge in [0.25, 0.3) is 0 Å². The predicted molar refractivity (Wildman–Crippen MR) is 137 cm³/mol. The third-order valence-electron chi connectivity index (χ3n) is 6.33. The van der Waals surface area contributed by atoms with E-state index in [-0.39, 0.29) is 5.91 Å².